The molecule has 3 aromatic rings. The molecule has 0 bridgehead atoms. The van der Waals surface area contributed by atoms with Crippen LogP contribution in [-0.4, -0.2) is 17.9 Å². The number of amides is 2. The van der Waals surface area contributed by atoms with Gasteiger partial charge >= 0.3 is 6.18 Å². The Kier molecular flexibility index (Phi) is 5.33. The van der Waals surface area contributed by atoms with Crippen LogP contribution in [0.5, 0.6) is 0 Å². The maximum absolute atomic E-state index is 15.0. The van der Waals surface area contributed by atoms with Crippen molar-refractivity contribution in [2.45, 2.75) is 18.3 Å². The Hall–Kier alpha value is -3.43. The third-order valence-corrected chi connectivity index (χ3v) is 6.18. The number of carbonyl (C=O) groups excluding carboxylic acids is 2. The molecule has 2 aliphatic rings. The number of alkyl halides is 3. The highest BCUT2D eigenvalue weighted by Crippen LogP contribution is 2.49. The molecule has 10 heteroatoms. The first-order valence-electron chi connectivity index (χ1n) is 10.2. The molecule has 34 heavy (non-hydrogen) atoms. The highest BCUT2D eigenvalue weighted by molar-refractivity contribution is 6.31. The van der Waals surface area contributed by atoms with E-state index in [9.17, 15) is 27.2 Å². The predicted octanol–water partition coefficient (Wildman–Crippen LogP) is 5.55. The van der Waals surface area contributed by atoms with Crippen molar-refractivity contribution < 1.29 is 32.0 Å². The number of halogens is 5. The van der Waals surface area contributed by atoms with Crippen molar-refractivity contribution in [1.29, 1.82) is 0 Å². The van der Waals surface area contributed by atoms with Gasteiger partial charge in [0.05, 0.1) is 16.9 Å². The minimum absolute atomic E-state index is 0.0212. The van der Waals surface area contributed by atoms with Gasteiger partial charge in [0.15, 0.2) is 6.10 Å². The number of para-hydroxylation sites is 1. The van der Waals surface area contributed by atoms with Gasteiger partial charge in [-0.1, -0.05) is 41.9 Å². The number of hydroxylamine groups is 1. The Morgan fingerprint density at radius 2 is 1.53 bits per heavy atom. The fourth-order valence-corrected chi connectivity index (χ4v) is 4.65. The highest BCUT2D eigenvalue weighted by atomic mass is 35.5. The van der Waals surface area contributed by atoms with Gasteiger partial charge in [-0.15, -0.1) is 0 Å². The van der Waals surface area contributed by atoms with Gasteiger partial charge in [0.2, 0.25) is 5.91 Å². The molecule has 0 aromatic heterocycles. The SMILES string of the molecule is O=C1[C@H]2[C@H](ON(c3ccccc3)[C@@H]2c2c(F)cccc2Cl)C(=O)N1c1cccc(C(F)(F)F)c1. The summed E-state index contributed by atoms with van der Waals surface area (Å²) in [7, 11) is 0. The second-order valence-electron chi connectivity index (χ2n) is 7.85. The predicted molar refractivity (Wildman–Crippen MR) is 115 cm³/mol. The van der Waals surface area contributed by atoms with Crippen LogP contribution >= 0.6 is 11.6 Å². The maximum Gasteiger partial charge on any atom is 0.416 e. The molecule has 0 radical (unpaired) electrons. The van der Waals surface area contributed by atoms with Crippen molar-refractivity contribution in [2.24, 2.45) is 5.92 Å². The third-order valence-electron chi connectivity index (χ3n) is 5.85. The molecule has 2 heterocycles. The van der Waals surface area contributed by atoms with E-state index < -0.39 is 47.4 Å². The summed E-state index contributed by atoms with van der Waals surface area (Å²) in [6.45, 7) is 0. The van der Waals surface area contributed by atoms with Crippen molar-refractivity contribution >= 4 is 34.8 Å². The molecule has 2 saturated heterocycles. The molecule has 0 aliphatic carbocycles. The van der Waals surface area contributed by atoms with Crippen molar-refractivity contribution in [3.05, 3.63) is 94.8 Å². The first kappa shape index (κ1) is 22.4. The smallest absolute Gasteiger partial charge is 0.273 e. The third kappa shape index (κ3) is 3.52. The summed E-state index contributed by atoms with van der Waals surface area (Å²) in [6.07, 6.45) is -6.04. The van der Waals surface area contributed by atoms with E-state index in [1.807, 2.05) is 0 Å². The van der Waals surface area contributed by atoms with Crippen molar-refractivity contribution in [1.82, 2.24) is 0 Å². The lowest BCUT2D eigenvalue weighted by atomic mass is 9.90. The summed E-state index contributed by atoms with van der Waals surface area (Å²) in [4.78, 5) is 33.2. The van der Waals surface area contributed by atoms with E-state index >= 15 is 0 Å². The average Bonchev–Trinajstić information content (AvgIpc) is 3.30. The zero-order chi connectivity index (χ0) is 24.2. The number of carbonyl (C=O) groups is 2. The van der Waals surface area contributed by atoms with Crippen LogP contribution in [0.25, 0.3) is 0 Å². The van der Waals surface area contributed by atoms with Crippen molar-refractivity contribution in [3.63, 3.8) is 0 Å². The molecule has 5 nitrogen and oxygen atoms in total. The maximum atomic E-state index is 15.0. The van der Waals surface area contributed by atoms with Crippen LogP contribution in [-0.2, 0) is 20.6 Å². The van der Waals surface area contributed by atoms with E-state index in [4.69, 9.17) is 16.4 Å². The van der Waals surface area contributed by atoms with E-state index in [1.54, 1.807) is 30.3 Å². The number of imide groups is 1. The van der Waals surface area contributed by atoms with Gasteiger partial charge in [-0.2, -0.15) is 13.2 Å². The van der Waals surface area contributed by atoms with Crippen LogP contribution < -0.4 is 9.96 Å². The summed E-state index contributed by atoms with van der Waals surface area (Å²) >= 11 is 6.30. The summed E-state index contributed by atoms with van der Waals surface area (Å²) < 4.78 is 54.6. The summed E-state index contributed by atoms with van der Waals surface area (Å²) in [5.41, 5.74) is -0.851. The summed E-state index contributed by atoms with van der Waals surface area (Å²) in [6, 6.07) is 15.2. The van der Waals surface area contributed by atoms with Crippen molar-refractivity contribution in [3.8, 4) is 0 Å². The van der Waals surface area contributed by atoms with E-state index in [-0.39, 0.29) is 16.3 Å². The fourth-order valence-electron chi connectivity index (χ4n) is 4.38. The number of fused-ring (bicyclic) bond motifs is 1. The van der Waals surface area contributed by atoms with Gasteiger partial charge in [-0.25, -0.2) is 14.4 Å². The van der Waals surface area contributed by atoms with Crippen LogP contribution in [0.2, 0.25) is 5.02 Å². The van der Waals surface area contributed by atoms with Crippen LogP contribution in [0.1, 0.15) is 17.2 Å². The second-order valence-corrected chi connectivity index (χ2v) is 8.26. The van der Waals surface area contributed by atoms with Gasteiger partial charge in [-0.05, 0) is 42.5 Å². The molecular formula is C24H15ClF4N2O3. The molecule has 3 atom stereocenters. The topological polar surface area (TPSA) is 49.9 Å². The molecule has 2 fully saturated rings. The van der Waals surface area contributed by atoms with E-state index in [0.29, 0.717) is 10.6 Å². The molecule has 0 saturated carbocycles. The Morgan fingerprint density at radius 3 is 2.21 bits per heavy atom. The lowest BCUT2D eigenvalue weighted by Gasteiger charge is -2.29. The highest BCUT2D eigenvalue weighted by Gasteiger charge is 2.61. The summed E-state index contributed by atoms with van der Waals surface area (Å²) in [5.74, 6) is -3.60. The Bertz CT molecular complexity index is 1260. The lowest BCUT2D eigenvalue weighted by Crippen LogP contribution is -2.37. The van der Waals surface area contributed by atoms with Crippen LogP contribution in [0.4, 0.5) is 28.9 Å². The lowest BCUT2D eigenvalue weighted by molar-refractivity contribution is -0.137. The summed E-state index contributed by atoms with van der Waals surface area (Å²) in [5, 5.41) is 1.28. The minimum atomic E-state index is -4.67. The fraction of sp³-hybridized carbons (Fsp3) is 0.167. The Morgan fingerprint density at radius 1 is 0.853 bits per heavy atom. The second kappa shape index (κ2) is 8.11. The van der Waals surface area contributed by atoms with Gasteiger partial charge in [0.1, 0.15) is 17.8 Å². The zero-order valence-electron chi connectivity index (χ0n) is 17.2. The van der Waals surface area contributed by atoms with E-state index in [2.05, 4.69) is 0 Å². The quantitative estimate of drug-likeness (QED) is 0.357. The zero-order valence-corrected chi connectivity index (χ0v) is 17.9. The number of nitrogens with zero attached hydrogens (tertiary/aromatic N) is 2. The number of benzene rings is 3. The largest absolute Gasteiger partial charge is 0.416 e. The molecule has 3 aromatic carbocycles. The van der Waals surface area contributed by atoms with E-state index in [0.717, 1.165) is 18.2 Å². The molecule has 0 spiro atoms. The first-order chi connectivity index (χ1) is 16.2. The Labute approximate surface area is 196 Å². The molecule has 2 aliphatic heterocycles. The van der Waals surface area contributed by atoms with Gasteiger partial charge < -0.3 is 0 Å². The van der Waals surface area contributed by atoms with Gasteiger partial charge in [-0.3, -0.25) is 14.4 Å². The van der Waals surface area contributed by atoms with Crippen LogP contribution in [0, 0.1) is 11.7 Å². The van der Waals surface area contributed by atoms with Crippen LogP contribution in [0.3, 0.4) is 0 Å². The first-order valence-corrected chi connectivity index (χ1v) is 10.6. The Balaban J connectivity index is 1.61. The number of hydrogen-bond acceptors (Lipinski definition) is 4. The molecule has 5 rings (SSSR count). The standard InChI is InChI=1S/C24H15ClF4N2O3/c25-16-10-5-11-17(26)18(16)20-19-21(34-31(20)14-7-2-1-3-8-14)23(33)30(22(19)32)15-9-4-6-13(12-15)24(27,28)29/h1-12,19-21H/t19-,20-,21+/m1/s1. The van der Waals surface area contributed by atoms with E-state index in [1.165, 1.54) is 29.3 Å². The van der Waals surface area contributed by atoms with Crippen molar-refractivity contribution in [2.75, 3.05) is 9.96 Å². The number of anilines is 2. The van der Waals surface area contributed by atoms with Gasteiger partial charge in [0, 0.05) is 10.6 Å². The molecule has 0 unspecified atom stereocenters. The molecular weight excluding hydrogens is 476 g/mol. The normalized spacial score (nSPS) is 22.4. The average molecular weight is 491 g/mol. The minimum Gasteiger partial charge on any atom is -0.273 e. The molecule has 2 amide bonds. The monoisotopic (exact) mass is 490 g/mol. The molecule has 174 valence electrons. The van der Waals surface area contributed by atoms with Gasteiger partial charge in [0.25, 0.3) is 5.91 Å². The number of hydrogen-bond donors (Lipinski definition) is 0. The number of rotatable bonds is 3. The van der Waals surface area contributed by atoms with Crippen LogP contribution in [0.15, 0.2) is 72.8 Å². The molecule has 0 N–H and O–H groups in total.